The highest BCUT2D eigenvalue weighted by molar-refractivity contribution is 6.10. The van der Waals surface area contributed by atoms with E-state index in [-0.39, 0.29) is 108 Å². The molecule has 0 bridgehead atoms. The van der Waals surface area contributed by atoms with Crippen LogP contribution in [-0.4, -0.2) is 117 Å². The third-order valence-corrected chi connectivity index (χ3v) is 10.0. The number of benzene rings is 5. The van der Waals surface area contributed by atoms with Gasteiger partial charge in [0.2, 0.25) is 5.75 Å². The average molecular weight is 977 g/mol. The first-order chi connectivity index (χ1) is 33.7. The quantitative estimate of drug-likeness (QED) is 0.0201. The Morgan fingerprint density at radius 1 is 0.414 bits per heavy atom. The molecule has 18 heteroatoms. The van der Waals surface area contributed by atoms with Gasteiger partial charge in [0.1, 0.15) is 51.1 Å². The molecule has 0 saturated carbocycles. The molecule has 0 amide bonds. The van der Waals surface area contributed by atoms with Crippen molar-refractivity contribution in [1.82, 2.24) is 0 Å². The van der Waals surface area contributed by atoms with Crippen LogP contribution in [0.15, 0.2) is 97.1 Å². The molecule has 70 heavy (non-hydrogen) atoms. The topological polar surface area (TPSA) is 170 Å². The minimum atomic E-state index is -4.45. The zero-order valence-corrected chi connectivity index (χ0v) is 39.5. The predicted molar refractivity (Wildman–Crippen MR) is 250 cm³/mol. The largest absolute Gasteiger partial charge is 0.496 e. The van der Waals surface area contributed by atoms with Gasteiger partial charge in [0.15, 0.2) is 17.3 Å². The summed E-state index contributed by atoms with van der Waals surface area (Å²) in [4.78, 5) is 47.6. The zero-order valence-electron chi connectivity index (χ0n) is 39.5. The van der Waals surface area contributed by atoms with E-state index in [1.165, 1.54) is 52.1 Å². The number of hydrogen-bond acceptors (Lipinski definition) is 15. The number of alkyl halides is 3. The molecular formula is C52H55F3O15. The van der Waals surface area contributed by atoms with Crippen LogP contribution in [0.5, 0.6) is 28.7 Å². The maximum absolute atomic E-state index is 14.3. The Hall–Kier alpha value is -7.15. The number of carbonyl (C=O) groups excluding carboxylic acids is 4. The maximum Gasteiger partial charge on any atom is 0.416 e. The number of halogens is 3. The van der Waals surface area contributed by atoms with Gasteiger partial charge in [-0.1, -0.05) is 60.7 Å². The summed E-state index contributed by atoms with van der Waals surface area (Å²) in [5.41, 5.74) is 4.08. The smallest absolute Gasteiger partial charge is 0.416 e. The number of hydrogen-bond donors (Lipinski definition) is 0. The van der Waals surface area contributed by atoms with Crippen molar-refractivity contribution in [3.05, 3.63) is 114 Å². The van der Waals surface area contributed by atoms with Crippen LogP contribution in [0.4, 0.5) is 13.2 Å². The van der Waals surface area contributed by atoms with Gasteiger partial charge in [-0.15, -0.1) is 0 Å². The van der Waals surface area contributed by atoms with Gasteiger partial charge in [-0.05, 0) is 58.7 Å². The number of ketones is 1. The van der Waals surface area contributed by atoms with Crippen LogP contribution in [0.2, 0.25) is 0 Å². The summed E-state index contributed by atoms with van der Waals surface area (Å²) >= 11 is 0. The van der Waals surface area contributed by atoms with Gasteiger partial charge in [0.05, 0.1) is 59.4 Å². The highest BCUT2D eigenvalue weighted by Gasteiger charge is 2.30. The first-order valence-corrected chi connectivity index (χ1v) is 22.1. The van der Waals surface area contributed by atoms with Crippen LogP contribution in [0.3, 0.4) is 0 Å². The Bertz CT molecular complexity index is 2460. The third kappa shape index (κ3) is 16.5. The SMILES string of the molecule is COc1cc(-c2ccc(-c3ccc(C(F)(F)F)cc3)c(OC)c2)ccc1-c1ccc(C(=O)c2cc(OCCOCCOC(C)=O)c(OCCOCCOC(C)=O)c(OCCOCCOC(C)=O)c2)cc1. The molecule has 0 heterocycles. The molecule has 0 N–H and O–H groups in total. The van der Waals surface area contributed by atoms with E-state index >= 15 is 0 Å². The molecule has 0 unspecified atom stereocenters. The molecule has 0 radical (unpaired) electrons. The van der Waals surface area contributed by atoms with E-state index in [0.717, 1.165) is 34.4 Å². The van der Waals surface area contributed by atoms with E-state index in [9.17, 15) is 32.3 Å². The Balaban J connectivity index is 1.37. The Morgan fingerprint density at radius 3 is 1.17 bits per heavy atom. The first-order valence-electron chi connectivity index (χ1n) is 22.1. The summed E-state index contributed by atoms with van der Waals surface area (Å²) in [6.45, 7) is 4.85. The number of methoxy groups -OCH3 is 2. The summed E-state index contributed by atoms with van der Waals surface area (Å²) in [6.07, 6.45) is -4.45. The van der Waals surface area contributed by atoms with Gasteiger partial charge >= 0.3 is 24.1 Å². The molecule has 0 aliphatic heterocycles. The fourth-order valence-electron chi connectivity index (χ4n) is 6.75. The molecule has 374 valence electrons. The maximum atomic E-state index is 14.3. The van der Waals surface area contributed by atoms with Crippen LogP contribution in [0.25, 0.3) is 33.4 Å². The van der Waals surface area contributed by atoms with E-state index in [1.54, 1.807) is 37.4 Å². The Labute approximate surface area is 403 Å². The van der Waals surface area contributed by atoms with Gasteiger partial charge in [-0.3, -0.25) is 19.2 Å². The van der Waals surface area contributed by atoms with E-state index in [0.29, 0.717) is 28.2 Å². The first kappa shape index (κ1) is 53.8. The summed E-state index contributed by atoms with van der Waals surface area (Å²) in [6, 6.07) is 26.0. The van der Waals surface area contributed by atoms with Gasteiger partial charge in [-0.2, -0.15) is 13.2 Å². The second-order valence-corrected chi connectivity index (χ2v) is 15.0. The van der Waals surface area contributed by atoms with E-state index in [1.807, 2.05) is 30.3 Å². The monoisotopic (exact) mass is 976 g/mol. The molecule has 0 aliphatic carbocycles. The number of esters is 3. The molecule has 0 spiro atoms. The van der Waals surface area contributed by atoms with Crippen molar-refractivity contribution in [3.8, 4) is 62.1 Å². The van der Waals surface area contributed by atoms with Gasteiger partial charge in [0.25, 0.3) is 0 Å². The molecule has 5 aromatic rings. The van der Waals surface area contributed by atoms with Gasteiger partial charge in [-0.25, -0.2) is 0 Å². The number of rotatable bonds is 28. The van der Waals surface area contributed by atoms with Crippen LogP contribution in [-0.2, 0) is 49.0 Å². The van der Waals surface area contributed by atoms with Crippen molar-refractivity contribution in [2.45, 2.75) is 26.9 Å². The molecule has 0 aliphatic rings. The molecule has 15 nitrogen and oxygen atoms in total. The molecule has 0 atom stereocenters. The lowest BCUT2D eigenvalue weighted by Gasteiger charge is -2.19. The molecule has 0 saturated heterocycles. The highest BCUT2D eigenvalue weighted by atomic mass is 19.4. The second kappa shape index (κ2) is 27.1. The molecule has 5 rings (SSSR count). The number of ether oxygens (including phenoxy) is 11. The lowest BCUT2D eigenvalue weighted by Crippen LogP contribution is -2.16. The van der Waals surface area contributed by atoms with E-state index in [4.69, 9.17) is 52.1 Å². The third-order valence-electron chi connectivity index (χ3n) is 10.0. The Kier molecular flexibility index (Phi) is 20.9. The van der Waals surface area contributed by atoms with Crippen LogP contribution in [0.1, 0.15) is 42.3 Å². The average Bonchev–Trinajstić information content (AvgIpc) is 3.34. The highest BCUT2D eigenvalue weighted by Crippen LogP contribution is 2.41. The Morgan fingerprint density at radius 2 is 0.786 bits per heavy atom. The second-order valence-electron chi connectivity index (χ2n) is 15.0. The van der Waals surface area contributed by atoms with Crippen molar-refractivity contribution >= 4 is 23.7 Å². The van der Waals surface area contributed by atoms with Gasteiger partial charge < -0.3 is 52.1 Å². The van der Waals surface area contributed by atoms with Crippen molar-refractivity contribution < 1.29 is 84.5 Å². The van der Waals surface area contributed by atoms with Crippen molar-refractivity contribution in [1.29, 1.82) is 0 Å². The van der Waals surface area contributed by atoms with Crippen molar-refractivity contribution in [3.63, 3.8) is 0 Å². The van der Waals surface area contributed by atoms with Crippen LogP contribution >= 0.6 is 0 Å². The fourth-order valence-corrected chi connectivity index (χ4v) is 6.75. The number of carbonyl (C=O) groups is 4. The van der Waals surface area contributed by atoms with Crippen LogP contribution in [0, 0.1) is 0 Å². The van der Waals surface area contributed by atoms with Crippen molar-refractivity contribution in [2.24, 2.45) is 0 Å². The summed E-state index contributed by atoms with van der Waals surface area (Å²) in [5, 5.41) is 0. The van der Waals surface area contributed by atoms with Gasteiger partial charge in [0, 0.05) is 43.0 Å². The zero-order chi connectivity index (χ0) is 50.5. The molecule has 5 aromatic carbocycles. The minimum Gasteiger partial charge on any atom is -0.496 e. The molecular weight excluding hydrogens is 922 g/mol. The van der Waals surface area contributed by atoms with Crippen LogP contribution < -0.4 is 23.7 Å². The fraction of sp³-hybridized carbons (Fsp3) is 0.346. The van der Waals surface area contributed by atoms with E-state index in [2.05, 4.69) is 0 Å². The molecule has 0 aromatic heterocycles. The summed E-state index contributed by atoms with van der Waals surface area (Å²) < 4.78 is 101. The van der Waals surface area contributed by atoms with Crippen molar-refractivity contribution in [2.75, 3.05) is 93.5 Å². The predicted octanol–water partition coefficient (Wildman–Crippen LogP) is 8.83. The lowest BCUT2D eigenvalue weighted by molar-refractivity contribution is -0.143. The standard InChI is InChI=1S/C52H55F3O15/c1-34(56)65-24-18-62-21-27-68-48-32-42(33-49(69-28-22-63-19-25-66-35(2)57)51(48)70-29-23-64-20-26-67-36(3)58)50(59)39-8-6-37(7-9-39)44-16-12-40(30-46(44)60-4)41-13-17-45(47(31-41)61-5)38-10-14-43(15-11-38)52(53,54)55/h6-17,30-33H,18-29H2,1-5H3. The normalized spacial score (nSPS) is 11.1. The van der Waals surface area contributed by atoms with E-state index < -0.39 is 29.6 Å². The summed E-state index contributed by atoms with van der Waals surface area (Å²) in [5.74, 6) is -0.163. The minimum absolute atomic E-state index is 0.0164. The molecule has 0 fully saturated rings. The summed E-state index contributed by atoms with van der Waals surface area (Å²) in [7, 11) is 3.04. The lowest BCUT2D eigenvalue weighted by atomic mass is 9.95.